The summed E-state index contributed by atoms with van der Waals surface area (Å²) >= 11 is 0.993. The number of alkyl halides is 3. The first-order valence-corrected chi connectivity index (χ1v) is 11.5. The average Bonchev–Trinajstić information content (AvgIpc) is 3.13. The third-order valence-electron chi connectivity index (χ3n) is 5.72. The van der Waals surface area contributed by atoms with Gasteiger partial charge < -0.3 is 14.6 Å². The number of Topliss-reactive ketones (excluding diaryl/α,β-unsaturated/α-hetero) is 1. The maximum Gasteiger partial charge on any atom is 0.416 e. The summed E-state index contributed by atoms with van der Waals surface area (Å²) in [6.45, 7) is 8.64. The molecule has 0 spiro atoms. The highest BCUT2D eigenvalue weighted by Crippen LogP contribution is 2.42. The van der Waals surface area contributed by atoms with Crippen molar-refractivity contribution in [1.82, 2.24) is 4.98 Å². The zero-order valence-electron chi connectivity index (χ0n) is 19.3. The molecule has 0 bridgehead atoms. The van der Waals surface area contributed by atoms with Gasteiger partial charge in [0.1, 0.15) is 22.7 Å². The molecular formula is C25H24F3NO4S. The number of carbonyl (C=O) groups is 1. The van der Waals surface area contributed by atoms with Crippen LogP contribution in [0.4, 0.5) is 13.2 Å². The number of thiazole rings is 1. The van der Waals surface area contributed by atoms with Crippen molar-refractivity contribution in [2.24, 2.45) is 0 Å². The lowest BCUT2D eigenvalue weighted by Crippen LogP contribution is -2.49. The van der Waals surface area contributed by atoms with Gasteiger partial charge in [-0.25, -0.2) is 4.98 Å². The highest BCUT2D eigenvalue weighted by molar-refractivity contribution is 7.20. The molecule has 0 aliphatic carbocycles. The van der Waals surface area contributed by atoms with Crippen LogP contribution in [0, 0.1) is 0 Å². The van der Waals surface area contributed by atoms with Crippen molar-refractivity contribution in [2.45, 2.75) is 58.4 Å². The SMILES string of the molecule is CCc1ccc(Oc2nc3ccc(C(F)(F)F)cc3s2)cc1C1=C(O)C(C)(C)OC(C)(C)C1=O. The summed E-state index contributed by atoms with van der Waals surface area (Å²) in [5, 5.41) is 11.1. The third-order valence-corrected chi connectivity index (χ3v) is 6.62. The Morgan fingerprint density at radius 3 is 2.44 bits per heavy atom. The number of aromatic nitrogens is 1. The van der Waals surface area contributed by atoms with Crippen molar-refractivity contribution < 1.29 is 32.5 Å². The highest BCUT2D eigenvalue weighted by Gasteiger charge is 2.47. The molecule has 5 nitrogen and oxygen atoms in total. The van der Waals surface area contributed by atoms with Gasteiger partial charge in [0.05, 0.1) is 21.4 Å². The maximum absolute atomic E-state index is 13.2. The molecule has 4 rings (SSSR count). The molecule has 34 heavy (non-hydrogen) atoms. The Labute approximate surface area is 198 Å². The number of fused-ring (bicyclic) bond motifs is 1. The molecule has 0 atom stereocenters. The minimum absolute atomic E-state index is 0.164. The van der Waals surface area contributed by atoms with E-state index in [1.54, 1.807) is 45.9 Å². The predicted octanol–water partition coefficient (Wildman–Crippen LogP) is 7.10. The molecule has 0 amide bonds. The first kappa shape index (κ1) is 24.2. The van der Waals surface area contributed by atoms with Gasteiger partial charge in [-0.15, -0.1) is 0 Å². The molecule has 1 aromatic heterocycles. The minimum atomic E-state index is -4.45. The van der Waals surface area contributed by atoms with Gasteiger partial charge in [-0.1, -0.05) is 24.3 Å². The molecule has 1 N–H and O–H groups in total. The molecule has 0 saturated carbocycles. The Bertz CT molecular complexity index is 1320. The van der Waals surface area contributed by atoms with Gasteiger partial charge in [-0.2, -0.15) is 13.2 Å². The Morgan fingerprint density at radius 1 is 1.09 bits per heavy atom. The van der Waals surface area contributed by atoms with E-state index in [1.807, 2.05) is 6.92 Å². The molecule has 1 aliphatic rings. The number of aliphatic hydroxyl groups excluding tert-OH is 1. The zero-order chi connectivity index (χ0) is 25.1. The van der Waals surface area contributed by atoms with Gasteiger partial charge in [-0.3, -0.25) is 4.79 Å². The van der Waals surface area contributed by atoms with Crippen LogP contribution < -0.4 is 4.74 Å². The predicted molar refractivity (Wildman–Crippen MR) is 124 cm³/mol. The van der Waals surface area contributed by atoms with Crippen molar-refractivity contribution in [3.8, 4) is 10.9 Å². The molecular weight excluding hydrogens is 467 g/mol. The second kappa shape index (κ2) is 8.09. The molecule has 2 aromatic carbocycles. The lowest BCUT2D eigenvalue weighted by atomic mass is 9.81. The average molecular weight is 492 g/mol. The van der Waals surface area contributed by atoms with E-state index in [0.29, 0.717) is 28.0 Å². The van der Waals surface area contributed by atoms with Crippen LogP contribution in [0.1, 0.15) is 51.3 Å². The minimum Gasteiger partial charge on any atom is -0.508 e. The second-order valence-electron chi connectivity index (χ2n) is 9.11. The van der Waals surface area contributed by atoms with E-state index in [4.69, 9.17) is 9.47 Å². The zero-order valence-corrected chi connectivity index (χ0v) is 20.1. The molecule has 2 heterocycles. The Hall–Kier alpha value is -2.91. The fourth-order valence-electron chi connectivity index (χ4n) is 4.08. The van der Waals surface area contributed by atoms with E-state index < -0.39 is 22.9 Å². The number of aryl methyl sites for hydroxylation is 1. The van der Waals surface area contributed by atoms with Crippen LogP contribution >= 0.6 is 11.3 Å². The molecule has 0 unspecified atom stereocenters. The molecule has 9 heteroatoms. The summed E-state index contributed by atoms with van der Waals surface area (Å²) in [6.07, 6.45) is -3.85. The van der Waals surface area contributed by atoms with Crippen LogP contribution in [0.15, 0.2) is 42.2 Å². The first-order valence-electron chi connectivity index (χ1n) is 10.7. The molecule has 3 aromatic rings. The van der Waals surface area contributed by atoms with E-state index >= 15 is 0 Å². The fraction of sp³-hybridized carbons (Fsp3) is 0.360. The van der Waals surface area contributed by atoms with Crippen LogP contribution in [0.3, 0.4) is 0 Å². The number of rotatable bonds is 4. The number of nitrogens with zero attached hydrogens (tertiary/aromatic N) is 1. The molecule has 180 valence electrons. The normalized spacial score (nSPS) is 17.9. The van der Waals surface area contributed by atoms with Gasteiger partial charge in [0, 0.05) is 0 Å². The van der Waals surface area contributed by atoms with Crippen LogP contribution in [0.25, 0.3) is 15.8 Å². The van der Waals surface area contributed by atoms with Crippen molar-refractivity contribution in [3.63, 3.8) is 0 Å². The van der Waals surface area contributed by atoms with Crippen LogP contribution in [-0.2, 0) is 22.1 Å². The standard InChI is InChI=1S/C25H24F3NO4S/c1-6-13-7-9-15(12-16(13)19-20(30)23(2,3)33-24(4,5)21(19)31)32-22-29-17-10-8-14(25(26,27)28)11-18(17)34-22/h7-12,30H,6H2,1-5H3. The lowest BCUT2D eigenvalue weighted by molar-refractivity contribution is -0.158. The summed E-state index contributed by atoms with van der Waals surface area (Å²) < 4.78 is 51.1. The summed E-state index contributed by atoms with van der Waals surface area (Å²) in [5.74, 6) is -0.170. The number of carbonyl (C=O) groups excluding carboxylic acids is 1. The summed E-state index contributed by atoms with van der Waals surface area (Å²) in [6, 6.07) is 8.47. The monoisotopic (exact) mass is 491 g/mol. The van der Waals surface area contributed by atoms with Crippen molar-refractivity contribution in [2.75, 3.05) is 0 Å². The number of hydrogen-bond acceptors (Lipinski definition) is 6. The van der Waals surface area contributed by atoms with Gasteiger partial charge in [0.25, 0.3) is 5.19 Å². The van der Waals surface area contributed by atoms with E-state index in [-0.39, 0.29) is 22.3 Å². The third kappa shape index (κ3) is 4.30. The van der Waals surface area contributed by atoms with Crippen molar-refractivity contribution in [1.29, 1.82) is 0 Å². The Kier molecular flexibility index (Phi) is 5.77. The molecule has 0 saturated heterocycles. The first-order chi connectivity index (χ1) is 15.7. The Morgan fingerprint density at radius 2 is 1.79 bits per heavy atom. The van der Waals surface area contributed by atoms with E-state index in [9.17, 15) is 23.1 Å². The topological polar surface area (TPSA) is 68.7 Å². The van der Waals surface area contributed by atoms with Gasteiger partial charge in [0.2, 0.25) is 0 Å². The van der Waals surface area contributed by atoms with Crippen LogP contribution in [0.5, 0.6) is 10.9 Å². The largest absolute Gasteiger partial charge is 0.508 e. The van der Waals surface area contributed by atoms with Crippen molar-refractivity contribution in [3.05, 3.63) is 58.8 Å². The van der Waals surface area contributed by atoms with E-state index in [0.717, 1.165) is 29.0 Å². The number of ether oxygens (including phenoxy) is 2. The number of ketones is 1. The fourth-order valence-corrected chi connectivity index (χ4v) is 4.95. The van der Waals surface area contributed by atoms with Gasteiger partial charge >= 0.3 is 6.18 Å². The van der Waals surface area contributed by atoms with E-state index in [2.05, 4.69) is 4.98 Å². The number of benzene rings is 2. The molecule has 1 aliphatic heterocycles. The number of halogens is 3. The van der Waals surface area contributed by atoms with Gasteiger partial charge in [-0.05, 0) is 75.6 Å². The number of aliphatic hydroxyl groups is 1. The van der Waals surface area contributed by atoms with Gasteiger partial charge in [0.15, 0.2) is 5.78 Å². The van der Waals surface area contributed by atoms with Crippen LogP contribution in [-0.4, -0.2) is 27.1 Å². The quantitative estimate of drug-likeness (QED) is 0.422. The summed E-state index contributed by atoms with van der Waals surface area (Å²) in [4.78, 5) is 17.5. The molecule has 0 radical (unpaired) electrons. The second-order valence-corrected chi connectivity index (χ2v) is 10.1. The highest BCUT2D eigenvalue weighted by atomic mass is 32.1. The Balaban J connectivity index is 1.76. The smallest absolute Gasteiger partial charge is 0.416 e. The molecule has 0 fully saturated rings. The van der Waals surface area contributed by atoms with Crippen LogP contribution in [0.2, 0.25) is 0 Å². The lowest BCUT2D eigenvalue weighted by Gasteiger charge is -2.40. The van der Waals surface area contributed by atoms with Crippen molar-refractivity contribution >= 4 is 32.9 Å². The number of hydrogen-bond donors (Lipinski definition) is 1. The van der Waals surface area contributed by atoms with E-state index in [1.165, 1.54) is 6.07 Å². The summed E-state index contributed by atoms with van der Waals surface area (Å²) in [7, 11) is 0. The maximum atomic E-state index is 13.2. The summed E-state index contributed by atoms with van der Waals surface area (Å²) in [5.41, 5.74) is -1.06.